The highest BCUT2D eigenvalue weighted by atomic mass is 16.5. The summed E-state index contributed by atoms with van der Waals surface area (Å²) in [6.07, 6.45) is 0.623. The van der Waals surface area contributed by atoms with Crippen LogP contribution in [0, 0.1) is 5.92 Å². The predicted molar refractivity (Wildman–Crippen MR) is 58.4 cm³/mol. The van der Waals surface area contributed by atoms with Crippen LogP contribution >= 0.6 is 0 Å². The van der Waals surface area contributed by atoms with Gasteiger partial charge in [0.05, 0.1) is 6.61 Å². The highest BCUT2D eigenvalue weighted by Gasteiger charge is 2.04. The molecule has 0 radical (unpaired) electrons. The van der Waals surface area contributed by atoms with Gasteiger partial charge in [-0.05, 0) is 5.92 Å². The van der Waals surface area contributed by atoms with E-state index in [2.05, 4.69) is 19.2 Å². The number of carbonyl (C=O) groups is 1. The third kappa shape index (κ3) is 9.68. The first-order chi connectivity index (χ1) is 6.52. The van der Waals surface area contributed by atoms with Crippen LogP contribution < -0.4 is 5.32 Å². The van der Waals surface area contributed by atoms with Crippen molar-refractivity contribution in [3.63, 3.8) is 0 Å². The van der Waals surface area contributed by atoms with Gasteiger partial charge in [-0.25, -0.2) is 0 Å². The van der Waals surface area contributed by atoms with Crippen molar-refractivity contribution in [3.05, 3.63) is 0 Å². The molecule has 0 amide bonds. The topological polar surface area (TPSA) is 38.3 Å². The number of carbonyl (C=O) groups excluding carboxylic acids is 1. The summed E-state index contributed by atoms with van der Waals surface area (Å²) in [6, 6.07) is 0.477. The van der Waals surface area contributed by atoms with Gasteiger partial charge in [-0.15, -0.1) is 0 Å². The monoisotopic (exact) mass is 201 g/mol. The fraction of sp³-hybridized carbons (Fsp3) is 0.909. The molecule has 84 valence electrons. The minimum atomic E-state index is 0.199. The van der Waals surface area contributed by atoms with E-state index in [4.69, 9.17) is 4.74 Å². The zero-order valence-corrected chi connectivity index (χ0v) is 9.80. The van der Waals surface area contributed by atoms with Crippen LogP contribution in [0.5, 0.6) is 0 Å². The third-order valence-electron chi connectivity index (χ3n) is 1.70. The van der Waals surface area contributed by atoms with Gasteiger partial charge in [0.15, 0.2) is 5.78 Å². The average molecular weight is 201 g/mol. The summed E-state index contributed by atoms with van der Waals surface area (Å²) in [7, 11) is 0. The second kappa shape index (κ2) is 7.94. The Morgan fingerprint density at radius 3 is 2.43 bits per heavy atom. The number of hydrogen-bond donors (Lipinski definition) is 1. The zero-order valence-electron chi connectivity index (χ0n) is 9.80. The molecule has 0 bridgehead atoms. The molecule has 0 unspecified atom stereocenters. The first kappa shape index (κ1) is 13.6. The molecule has 1 N–H and O–H groups in total. The van der Waals surface area contributed by atoms with Crippen molar-refractivity contribution < 1.29 is 9.53 Å². The minimum absolute atomic E-state index is 0.199. The van der Waals surface area contributed by atoms with Crippen LogP contribution in [-0.2, 0) is 9.53 Å². The highest BCUT2D eigenvalue weighted by molar-refractivity contribution is 5.79. The van der Waals surface area contributed by atoms with Crippen LogP contribution in [0.1, 0.15) is 34.1 Å². The average Bonchev–Trinajstić information content (AvgIpc) is 2.01. The highest BCUT2D eigenvalue weighted by Crippen LogP contribution is 1.99. The lowest BCUT2D eigenvalue weighted by atomic mass is 10.1. The summed E-state index contributed by atoms with van der Waals surface area (Å²) in [6.45, 7) is 9.94. The Balaban J connectivity index is 3.23. The van der Waals surface area contributed by atoms with E-state index in [1.165, 1.54) is 0 Å². The molecule has 0 saturated heterocycles. The fourth-order valence-electron chi connectivity index (χ4n) is 1.12. The predicted octanol–water partition coefficient (Wildman–Crippen LogP) is 1.62. The smallest absolute Gasteiger partial charge is 0.158 e. The van der Waals surface area contributed by atoms with E-state index < -0.39 is 0 Å². The minimum Gasteiger partial charge on any atom is -0.372 e. The summed E-state index contributed by atoms with van der Waals surface area (Å²) in [5.41, 5.74) is 0. The Morgan fingerprint density at radius 2 is 1.93 bits per heavy atom. The standard InChI is InChI=1S/C11H23NO2/c1-9(2)7-11(13)8-14-6-5-12-10(3)4/h9-10,12H,5-8H2,1-4H3. The van der Waals surface area contributed by atoms with Crippen molar-refractivity contribution in [3.8, 4) is 0 Å². The lowest BCUT2D eigenvalue weighted by Crippen LogP contribution is -2.27. The Morgan fingerprint density at radius 1 is 1.29 bits per heavy atom. The molecule has 3 heteroatoms. The summed E-state index contributed by atoms with van der Waals surface area (Å²) < 4.78 is 5.23. The first-order valence-corrected chi connectivity index (χ1v) is 5.35. The van der Waals surface area contributed by atoms with Crippen LogP contribution in [-0.4, -0.2) is 31.6 Å². The number of Topliss-reactive ketones (excluding diaryl/α,β-unsaturated/α-hetero) is 1. The van der Waals surface area contributed by atoms with Gasteiger partial charge in [0.1, 0.15) is 6.61 Å². The number of ketones is 1. The van der Waals surface area contributed by atoms with Crippen LogP contribution in [0.15, 0.2) is 0 Å². The molecule has 0 atom stereocenters. The lowest BCUT2D eigenvalue weighted by Gasteiger charge is -2.08. The van der Waals surface area contributed by atoms with Crippen molar-refractivity contribution >= 4 is 5.78 Å². The molecule has 0 spiro atoms. The number of hydrogen-bond acceptors (Lipinski definition) is 3. The van der Waals surface area contributed by atoms with Gasteiger partial charge in [-0.2, -0.15) is 0 Å². The molecule has 0 aromatic carbocycles. The van der Waals surface area contributed by atoms with E-state index in [0.29, 0.717) is 25.0 Å². The molecule has 0 saturated carbocycles. The maximum absolute atomic E-state index is 11.2. The van der Waals surface area contributed by atoms with Gasteiger partial charge >= 0.3 is 0 Å². The van der Waals surface area contributed by atoms with Gasteiger partial charge < -0.3 is 10.1 Å². The summed E-state index contributed by atoms with van der Waals surface area (Å²) in [5, 5.41) is 3.22. The molecule has 0 heterocycles. The Bertz CT molecular complexity index is 155. The van der Waals surface area contributed by atoms with Crippen molar-refractivity contribution in [2.75, 3.05) is 19.8 Å². The van der Waals surface area contributed by atoms with E-state index >= 15 is 0 Å². The molecule has 3 nitrogen and oxygen atoms in total. The largest absolute Gasteiger partial charge is 0.372 e. The SMILES string of the molecule is CC(C)CC(=O)COCCNC(C)C. The molecule has 0 rings (SSSR count). The Hall–Kier alpha value is -0.410. The van der Waals surface area contributed by atoms with Gasteiger partial charge in [-0.1, -0.05) is 27.7 Å². The molecule has 0 fully saturated rings. The van der Waals surface area contributed by atoms with Crippen molar-refractivity contribution in [2.24, 2.45) is 5.92 Å². The van der Waals surface area contributed by atoms with Crippen LogP contribution in [0.25, 0.3) is 0 Å². The van der Waals surface area contributed by atoms with Crippen molar-refractivity contribution in [2.45, 2.75) is 40.2 Å². The van der Waals surface area contributed by atoms with E-state index in [-0.39, 0.29) is 12.4 Å². The molecule has 0 aliphatic rings. The normalized spacial score (nSPS) is 11.3. The van der Waals surface area contributed by atoms with Gasteiger partial charge in [0, 0.05) is 19.0 Å². The Kier molecular flexibility index (Phi) is 7.71. The zero-order chi connectivity index (χ0) is 11.0. The quantitative estimate of drug-likeness (QED) is 0.606. The summed E-state index contributed by atoms with van der Waals surface area (Å²) >= 11 is 0. The lowest BCUT2D eigenvalue weighted by molar-refractivity contribution is -0.124. The number of nitrogens with one attached hydrogen (secondary N) is 1. The number of ether oxygens (including phenoxy) is 1. The van der Waals surface area contributed by atoms with E-state index in [0.717, 1.165) is 6.54 Å². The first-order valence-electron chi connectivity index (χ1n) is 5.35. The second-order valence-electron chi connectivity index (χ2n) is 4.30. The van der Waals surface area contributed by atoms with Crippen molar-refractivity contribution in [1.82, 2.24) is 5.32 Å². The number of rotatable bonds is 8. The second-order valence-corrected chi connectivity index (χ2v) is 4.30. The van der Waals surface area contributed by atoms with Gasteiger partial charge in [0.2, 0.25) is 0 Å². The summed E-state index contributed by atoms with van der Waals surface area (Å²) in [4.78, 5) is 11.2. The van der Waals surface area contributed by atoms with Gasteiger partial charge in [0.25, 0.3) is 0 Å². The maximum atomic E-state index is 11.2. The molecule has 0 aromatic heterocycles. The maximum Gasteiger partial charge on any atom is 0.158 e. The Labute approximate surface area is 87.2 Å². The molecule has 0 aromatic rings. The summed E-state index contributed by atoms with van der Waals surface area (Å²) in [5.74, 6) is 0.629. The molecule has 0 aliphatic carbocycles. The van der Waals surface area contributed by atoms with Crippen LogP contribution in [0.3, 0.4) is 0 Å². The molecule has 14 heavy (non-hydrogen) atoms. The van der Waals surface area contributed by atoms with E-state index in [1.54, 1.807) is 0 Å². The van der Waals surface area contributed by atoms with Crippen LogP contribution in [0.4, 0.5) is 0 Å². The third-order valence-corrected chi connectivity index (χ3v) is 1.70. The molecule has 0 aliphatic heterocycles. The van der Waals surface area contributed by atoms with Gasteiger partial charge in [-0.3, -0.25) is 4.79 Å². The van der Waals surface area contributed by atoms with E-state index in [1.807, 2.05) is 13.8 Å². The fourth-order valence-corrected chi connectivity index (χ4v) is 1.12. The molecular weight excluding hydrogens is 178 g/mol. The van der Waals surface area contributed by atoms with Crippen LogP contribution in [0.2, 0.25) is 0 Å². The molecular formula is C11H23NO2. The van der Waals surface area contributed by atoms with E-state index in [9.17, 15) is 4.79 Å². The van der Waals surface area contributed by atoms with Crippen molar-refractivity contribution in [1.29, 1.82) is 0 Å².